The number of hydrogen-bond acceptors (Lipinski definition) is 5. The number of piperidine rings is 1. The fourth-order valence-corrected chi connectivity index (χ4v) is 7.01. The summed E-state index contributed by atoms with van der Waals surface area (Å²) in [5.41, 5.74) is 4.67. The molecule has 3 aliphatic rings. The minimum Gasteiger partial charge on any atom is -0.497 e. The topological polar surface area (TPSA) is 104 Å². The SMILES string of the molecule is COc1ccc2[nH]c3c(c2c1)CCN1C(=O)C(CC(=O)NC/C=C(\C)CCC=C(C)C)C[C@H](C(=O)N2CCOCC2)[C@@]31C. The molecule has 9 heteroatoms. The molecule has 3 atom stereocenters. The quantitative estimate of drug-likeness (QED) is 0.420. The molecule has 2 aromatic rings. The van der Waals surface area contributed by atoms with Gasteiger partial charge in [-0.05, 0) is 77.1 Å². The number of morpholine rings is 1. The predicted molar refractivity (Wildman–Crippen MR) is 167 cm³/mol. The molecule has 1 aromatic heterocycles. The van der Waals surface area contributed by atoms with Gasteiger partial charge in [0.1, 0.15) is 5.75 Å². The lowest BCUT2D eigenvalue weighted by atomic mass is 9.67. The summed E-state index contributed by atoms with van der Waals surface area (Å²) in [6.07, 6.45) is 7.24. The number of methoxy groups -OCH3 is 1. The number of allylic oxidation sites excluding steroid dienone is 3. The van der Waals surface area contributed by atoms with Gasteiger partial charge in [-0.25, -0.2) is 0 Å². The summed E-state index contributed by atoms with van der Waals surface area (Å²) in [4.78, 5) is 48.7. The maximum atomic E-state index is 14.2. The van der Waals surface area contributed by atoms with Crippen LogP contribution in [0.4, 0.5) is 0 Å². The van der Waals surface area contributed by atoms with Crippen molar-refractivity contribution in [2.75, 3.05) is 46.5 Å². The van der Waals surface area contributed by atoms with Crippen molar-refractivity contribution in [1.29, 1.82) is 0 Å². The van der Waals surface area contributed by atoms with Crippen molar-refractivity contribution in [3.05, 3.63) is 52.8 Å². The number of benzene rings is 1. The van der Waals surface area contributed by atoms with Crippen LogP contribution in [0.15, 0.2) is 41.5 Å². The molecule has 0 saturated carbocycles. The number of aromatic amines is 1. The van der Waals surface area contributed by atoms with E-state index < -0.39 is 17.4 Å². The number of carbonyl (C=O) groups is 3. The van der Waals surface area contributed by atoms with Crippen molar-refractivity contribution in [1.82, 2.24) is 20.1 Å². The molecule has 232 valence electrons. The molecule has 3 aliphatic heterocycles. The van der Waals surface area contributed by atoms with Gasteiger partial charge in [0.2, 0.25) is 17.7 Å². The third kappa shape index (κ3) is 6.23. The molecular weight excluding hydrogens is 544 g/mol. The van der Waals surface area contributed by atoms with Crippen LogP contribution in [0.25, 0.3) is 10.9 Å². The zero-order valence-corrected chi connectivity index (χ0v) is 26.3. The van der Waals surface area contributed by atoms with Crippen molar-refractivity contribution in [3.63, 3.8) is 0 Å². The molecule has 2 N–H and O–H groups in total. The van der Waals surface area contributed by atoms with Gasteiger partial charge in [0.15, 0.2) is 0 Å². The number of hydrogen-bond donors (Lipinski definition) is 2. The van der Waals surface area contributed by atoms with Gasteiger partial charge in [-0.2, -0.15) is 0 Å². The molecule has 1 aromatic carbocycles. The largest absolute Gasteiger partial charge is 0.497 e. The Labute approximate surface area is 254 Å². The first-order chi connectivity index (χ1) is 20.6. The van der Waals surface area contributed by atoms with Crippen molar-refractivity contribution in [2.45, 2.75) is 65.3 Å². The van der Waals surface area contributed by atoms with Crippen molar-refractivity contribution in [2.24, 2.45) is 11.8 Å². The van der Waals surface area contributed by atoms with Crippen molar-refractivity contribution in [3.8, 4) is 5.75 Å². The van der Waals surface area contributed by atoms with E-state index in [2.05, 4.69) is 37.1 Å². The highest BCUT2D eigenvalue weighted by Crippen LogP contribution is 2.50. The number of rotatable bonds is 9. The molecule has 0 bridgehead atoms. The van der Waals surface area contributed by atoms with E-state index >= 15 is 0 Å². The van der Waals surface area contributed by atoms with Gasteiger partial charge in [0, 0.05) is 55.1 Å². The van der Waals surface area contributed by atoms with E-state index in [1.165, 1.54) is 11.1 Å². The Morgan fingerprint density at radius 3 is 2.65 bits per heavy atom. The molecule has 0 spiro atoms. The van der Waals surface area contributed by atoms with Crippen LogP contribution in [0.1, 0.15) is 64.6 Å². The van der Waals surface area contributed by atoms with E-state index in [1.807, 2.05) is 41.0 Å². The summed E-state index contributed by atoms with van der Waals surface area (Å²) in [7, 11) is 1.65. The van der Waals surface area contributed by atoms with Crippen molar-refractivity contribution >= 4 is 28.6 Å². The summed E-state index contributed by atoms with van der Waals surface area (Å²) in [5, 5.41) is 4.04. The Kier molecular flexibility index (Phi) is 9.30. The van der Waals surface area contributed by atoms with Gasteiger partial charge in [0.25, 0.3) is 0 Å². The maximum Gasteiger partial charge on any atom is 0.228 e. The second kappa shape index (κ2) is 13.0. The van der Waals surface area contributed by atoms with Crippen molar-refractivity contribution < 1.29 is 23.9 Å². The number of nitrogens with one attached hydrogen (secondary N) is 2. The Balaban J connectivity index is 1.39. The summed E-state index contributed by atoms with van der Waals surface area (Å²) in [5.74, 6) is -0.481. The van der Waals surface area contributed by atoms with Crippen LogP contribution < -0.4 is 10.1 Å². The maximum absolute atomic E-state index is 14.2. The summed E-state index contributed by atoms with van der Waals surface area (Å²) >= 11 is 0. The van der Waals surface area contributed by atoms with Crippen LogP contribution in [-0.4, -0.2) is 79.0 Å². The van der Waals surface area contributed by atoms with Gasteiger partial charge in [-0.1, -0.05) is 23.3 Å². The standard InChI is InChI=1S/C34H46N4O5/c1-22(2)7-6-8-23(3)11-13-35-30(39)20-24-19-28(33(41)37-15-17-43-18-16-37)34(4)31-26(12-14-38(34)32(24)40)27-21-25(42-5)9-10-29(27)36-31/h7,9-11,21,24,28,36H,6,8,12-20H2,1-5H3,(H,35,39)/b23-11+/t24?,28-,34+/m1/s1. The highest BCUT2D eigenvalue weighted by Gasteiger charge is 2.57. The monoisotopic (exact) mass is 590 g/mol. The molecule has 9 nitrogen and oxygen atoms in total. The zero-order valence-electron chi connectivity index (χ0n) is 26.3. The fourth-order valence-electron chi connectivity index (χ4n) is 7.01. The van der Waals surface area contributed by atoms with Gasteiger partial charge < -0.3 is 29.6 Å². The summed E-state index contributed by atoms with van der Waals surface area (Å²) < 4.78 is 11.0. The minimum atomic E-state index is -0.857. The number of amides is 3. The molecule has 5 rings (SSSR count). The number of fused-ring (bicyclic) bond motifs is 5. The molecule has 2 fully saturated rings. The van der Waals surface area contributed by atoms with Crippen LogP contribution >= 0.6 is 0 Å². The van der Waals surface area contributed by atoms with Crippen LogP contribution in [-0.2, 0) is 31.1 Å². The van der Waals surface area contributed by atoms with E-state index in [0.717, 1.165) is 40.8 Å². The Morgan fingerprint density at radius 1 is 1.16 bits per heavy atom. The molecule has 1 unspecified atom stereocenters. The molecule has 0 radical (unpaired) electrons. The number of aromatic nitrogens is 1. The lowest BCUT2D eigenvalue weighted by Gasteiger charge is -2.54. The Morgan fingerprint density at radius 2 is 1.93 bits per heavy atom. The van der Waals surface area contributed by atoms with Gasteiger partial charge >= 0.3 is 0 Å². The first kappa shape index (κ1) is 30.9. The Hall–Kier alpha value is -3.59. The normalized spacial score (nSPS) is 23.9. The smallest absolute Gasteiger partial charge is 0.228 e. The molecule has 0 aliphatic carbocycles. The third-order valence-corrected chi connectivity index (χ3v) is 9.47. The predicted octanol–water partition coefficient (Wildman–Crippen LogP) is 4.47. The molecule has 4 heterocycles. The van der Waals surface area contributed by atoms with Crippen LogP contribution in [0.5, 0.6) is 5.75 Å². The molecule has 43 heavy (non-hydrogen) atoms. The highest BCUT2D eigenvalue weighted by molar-refractivity contribution is 5.93. The number of H-pyrrole nitrogens is 1. The number of carbonyl (C=O) groups excluding carboxylic acids is 3. The average Bonchev–Trinajstić information content (AvgIpc) is 3.37. The number of ether oxygens (including phenoxy) is 2. The molecular formula is C34H46N4O5. The lowest BCUT2D eigenvalue weighted by Crippen LogP contribution is -2.65. The molecule has 3 amide bonds. The van der Waals surface area contributed by atoms with Crippen LogP contribution in [0.3, 0.4) is 0 Å². The fraction of sp³-hybridized carbons (Fsp3) is 0.559. The zero-order chi connectivity index (χ0) is 30.7. The van der Waals surface area contributed by atoms with Gasteiger partial charge in [-0.3, -0.25) is 14.4 Å². The second-order valence-electron chi connectivity index (χ2n) is 12.6. The number of nitrogens with zero attached hydrogens (tertiary/aromatic N) is 2. The first-order valence-electron chi connectivity index (χ1n) is 15.6. The Bertz CT molecular complexity index is 1430. The van der Waals surface area contributed by atoms with E-state index in [0.29, 0.717) is 52.2 Å². The van der Waals surface area contributed by atoms with Crippen LogP contribution in [0.2, 0.25) is 0 Å². The van der Waals surface area contributed by atoms with E-state index in [9.17, 15) is 14.4 Å². The first-order valence-corrected chi connectivity index (χ1v) is 15.6. The third-order valence-electron chi connectivity index (χ3n) is 9.47. The summed E-state index contributed by atoms with van der Waals surface area (Å²) in [6.45, 7) is 11.3. The van der Waals surface area contributed by atoms with E-state index in [-0.39, 0.29) is 24.1 Å². The minimum absolute atomic E-state index is 0.0210. The van der Waals surface area contributed by atoms with E-state index in [4.69, 9.17) is 9.47 Å². The molecule has 2 saturated heterocycles. The average molecular weight is 591 g/mol. The van der Waals surface area contributed by atoms with Gasteiger partial charge in [0.05, 0.1) is 31.8 Å². The highest BCUT2D eigenvalue weighted by atomic mass is 16.5. The van der Waals surface area contributed by atoms with E-state index in [1.54, 1.807) is 7.11 Å². The second-order valence-corrected chi connectivity index (χ2v) is 12.6. The van der Waals surface area contributed by atoms with Gasteiger partial charge in [-0.15, -0.1) is 0 Å². The lowest BCUT2D eigenvalue weighted by molar-refractivity contribution is -0.166. The summed E-state index contributed by atoms with van der Waals surface area (Å²) in [6, 6.07) is 5.94. The van der Waals surface area contributed by atoms with Crippen LogP contribution in [0, 0.1) is 11.8 Å².